The van der Waals surface area contributed by atoms with Crippen molar-refractivity contribution >= 4 is 57.9 Å². The van der Waals surface area contributed by atoms with E-state index in [0.717, 1.165) is 24.5 Å². The molecule has 0 bridgehead atoms. The minimum absolute atomic E-state index is 0.216. The lowest BCUT2D eigenvalue weighted by Gasteiger charge is -2.29. The van der Waals surface area contributed by atoms with Crippen LogP contribution in [0.1, 0.15) is 10.4 Å². The maximum atomic E-state index is 12.1. The van der Waals surface area contributed by atoms with E-state index < -0.39 is 0 Å². The van der Waals surface area contributed by atoms with Crippen molar-refractivity contribution < 1.29 is 9.53 Å². The largest absolute Gasteiger partial charge is 0.378 e. The Balaban J connectivity index is 1.53. The minimum atomic E-state index is -0.216. The van der Waals surface area contributed by atoms with Gasteiger partial charge in [0.2, 0.25) is 5.95 Å². The van der Waals surface area contributed by atoms with Crippen LogP contribution in [0.2, 0.25) is 10.0 Å². The topological polar surface area (TPSA) is 91.4 Å². The highest BCUT2D eigenvalue weighted by Crippen LogP contribution is 2.31. The lowest BCUT2D eigenvalue weighted by Crippen LogP contribution is -2.36. The fourth-order valence-electron chi connectivity index (χ4n) is 3.34. The van der Waals surface area contributed by atoms with Gasteiger partial charge in [-0.1, -0.05) is 35.3 Å². The number of hydrogen-bond donors (Lipinski definition) is 3. The molecule has 0 aliphatic carbocycles. The highest BCUT2D eigenvalue weighted by atomic mass is 35.5. The van der Waals surface area contributed by atoms with Crippen molar-refractivity contribution in [1.82, 2.24) is 15.3 Å². The molecule has 0 saturated carbocycles. The summed E-state index contributed by atoms with van der Waals surface area (Å²) in [5, 5.41) is 9.84. The van der Waals surface area contributed by atoms with Crippen LogP contribution in [0.15, 0.2) is 48.7 Å². The molecule has 0 unspecified atom stereocenters. The maximum absolute atomic E-state index is 12.1. The number of ether oxygens (including phenoxy) is 1. The Morgan fingerprint density at radius 1 is 1.06 bits per heavy atom. The third-order valence-electron chi connectivity index (χ3n) is 4.95. The Bertz CT molecular complexity index is 1120. The molecule has 166 valence electrons. The Kier molecular flexibility index (Phi) is 6.94. The predicted molar refractivity (Wildman–Crippen MR) is 128 cm³/mol. The predicted octanol–water partition coefficient (Wildman–Crippen LogP) is 4.47. The van der Waals surface area contributed by atoms with Crippen LogP contribution in [0.4, 0.5) is 28.8 Å². The molecule has 3 N–H and O–H groups in total. The number of amides is 1. The molecular weight excluding hydrogens is 451 g/mol. The summed E-state index contributed by atoms with van der Waals surface area (Å²) in [5.41, 5.74) is 2.76. The fraction of sp³-hybridized carbons (Fsp3) is 0.227. The summed E-state index contributed by atoms with van der Waals surface area (Å²) >= 11 is 12.8. The monoisotopic (exact) mass is 472 g/mol. The van der Waals surface area contributed by atoms with Gasteiger partial charge in [0.05, 0.1) is 41.4 Å². The van der Waals surface area contributed by atoms with E-state index in [0.29, 0.717) is 46.3 Å². The van der Waals surface area contributed by atoms with Gasteiger partial charge in [-0.3, -0.25) is 4.79 Å². The number of aromatic nitrogens is 2. The summed E-state index contributed by atoms with van der Waals surface area (Å²) in [4.78, 5) is 23.0. The molecule has 1 aliphatic rings. The number of anilines is 5. The van der Waals surface area contributed by atoms with Crippen molar-refractivity contribution in [3.63, 3.8) is 0 Å². The van der Waals surface area contributed by atoms with E-state index in [2.05, 4.69) is 30.8 Å². The molecule has 1 aliphatic heterocycles. The van der Waals surface area contributed by atoms with Crippen LogP contribution >= 0.6 is 23.2 Å². The van der Waals surface area contributed by atoms with Crippen molar-refractivity contribution in [2.75, 3.05) is 48.9 Å². The second-order valence-corrected chi connectivity index (χ2v) is 7.84. The van der Waals surface area contributed by atoms with Crippen LogP contribution in [0, 0.1) is 0 Å². The number of carbonyl (C=O) groups excluding carboxylic acids is 1. The highest BCUT2D eigenvalue weighted by Gasteiger charge is 2.15. The summed E-state index contributed by atoms with van der Waals surface area (Å²) in [5.74, 6) is 0.493. The number of hydrogen-bond acceptors (Lipinski definition) is 7. The molecule has 2 aromatic carbocycles. The quantitative estimate of drug-likeness (QED) is 0.487. The Labute approximate surface area is 195 Å². The van der Waals surface area contributed by atoms with Crippen LogP contribution in [0.3, 0.4) is 0 Å². The van der Waals surface area contributed by atoms with Crippen molar-refractivity contribution in [2.45, 2.75) is 0 Å². The van der Waals surface area contributed by atoms with E-state index in [9.17, 15) is 4.79 Å². The standard InChI is InChI=1S/C22H22Cl2N6O2/c1-25-21(31)15-4-2-3-5-18(15)28-20-17(24)13-26-22(29-20)27-14-6-7-19(16(23)12-14)30-8-10-32-11-9-30/h2-7,12-13H,8-11H2,1H3,(H,25,31)(H2,26,27,28,29). The van der Waals surface area contributed by atoms with Gasteiger partial charge in [0.15, 0.2) is 5.82 Å². The number of para-hydroxylation sites is 1. The van der Waals surface area contributed by atoms with Gasteiger partial charge in [0.25, 0.3) is 5.91 Å². The van der Waals surface area contributed by atoms with Crippen molar-refractivity contribution in [3.05, 3.63) is 64.3 Å². The Hall–Kier alpha value is -3.07. The average Bonchev–Trinajstić information content (AvgIpc) is 2.82. The van der Waals surface area contributed by atoms with Crippen molar-refractivity contribution in [2.24, 2.45) is 0 Å². The first-order valence-corrected chi connectivity index (χ1v) is 10.8. The maximum Gasteiger partial charge on any atom is 0.253 e. The molecule has 32 heavy (non-hydrogen) atoms. The van der Waals surface area contributed by atoms with Gasteiger partial charge >= 0.3 is 0 Å². The molecule has 1 saturated heterocycles. The summed E-state index contributed by atoms with van der Waals surface area (Å²) in [6.45, 7) is 2.99. The average molecular weight is 473 g/mol. The Morgan fingerprint density at radius 2 is 1.84 bits per heavy atom. The van der Waals surface area contributed by atoms with E-state index in [1.807, 2.05) is 24.3 Å². The van der Waals surface area contributed by atoms with Crippen LogP contribution in [0.5, 0.6) is 0 Å². The van der Waals surface area contributed by atoms with Gasteiger partial charge < -0.3 is 25.6 Å². The summed E-state index contributed by atoms with van der Waals surface area (Å²) in [7, 11) is 1.58. The highest BCUT2D eigenvalue weighted by molar-refractivity contribution is 6.33. The minimum Gasteiger partial charge on any atom is -0.378 e. The molecular formula is C22H22Cl2N6O2. The van der Waals surface area contributed by atoms with Gasteiger partial charge in [0.1, 0.15) is 5.02 Å². The van der Waals surface area contributed by atoms with Gasteiger partial charge in [-0.15, -0.1) is 0 Å². The molecule has 0 atom stereocenters. The van der Waals surface area contributed by atoms with E-state index >= 15 is 0 Å². The lowest BCUT2D eigenvalue weighted by atomic mass is 10.1. The summed E-state index contributed by atoms with van der Waals surface area (Å²) in [6, 6.07) is 12.8. The van der Waals surface area contributed by atoms with E-state index in [1.54, 1.807) is 25.2 Å². The van der Waals surface area contributed by atoms with E-state index in [-0.39, 0.29) is 5.91 Å². The van der Waals surface area contributed by atoms with Crippen LogP contribution in [0.25, 0.3) is 0 Å². The van der Waals surface area contributed by atoms with Gasteiger partial charge in [-0.05, 0) is 30.3 Å². The fourth-order valence-corrected chi connectivity index (χ4v) is 3.78. The van der Waals surface area contributed by atoms with Gasteiger partial charge in [-0.25, -0.2) is 4.98 Å². The molecule has 1 amide bonds. The summed E-state index contributed by atoms with van der Waals surface area (Å²) < 4.78 is 5.40. The SMILES string of the molecule is CNC(=O)c1ccccc1Nc1nc(Nc2ccc(N3CCOCC3)c(Cl)c2)ncc1Cl. The third-order valence-corrected chi connectivity index (χ3v) is 5.53. The Morgan fingerprint density at radius 3 is 2.59 bits per heavy atom. The number of carbonyl (C=O) groups is 1. The second-order valence-electron chi connectivity index (χ2n) is 7.03. The van der Waals surface area contributed by atoms with Crippen molar-refractivity contribution in [3.8, 4) is 0 Å². The first-order valence-electron chi connectivity index (χ1n) is 10.0. The van der Waals surface area contributed by atoms with Gasteiger partial charge in [-0.2, -0.15) is 4.98 Å². The number of morpholine rings is 1. The van der Waals surface area contributed by atoms with Crippen LogP contribution in [-0.2, 0) is 4.74 Å². The molecule has 0 spiro atoms. The first kappa shape index (κ1) is 22.1. The van der Waals surface area contributed by atoms with Gasteiger partial charge in [0, 0.05) is 25.8 Å². The zero-order valence-electron chi connectivity index (χ0n) is 17.4. The molecule has 1 aromatic heterocycles. The molecule has 2 heterocycles. The lowest BCUT2D eigenvalue weighted by molar-refractivity contribution is 0.0964. The number of nitrogens with one attached hydrogen (secondary N) is 3. The van der Waals surface area contributed by atoms with E-state index in [1.165, 1.54) is 6.20 Å². The summed E-state index contributed by atoms with van der Waals surface area (Å²) in [6.07, 6.45) is 1.49. The van der Waals surface area contributed by atoms with E-state index in [4.69, 9.17) is 27.9 Å². The molecule has 0 radical (unpaired) electrons. The second kappa shape index (κ2) is 10.0. The third kappa shape index (κ3) is 5.04. The van der Waals surface area contributed by atoms with Crippen molar-refractivity contribution in [1.29, 1.82) is 0 Å². The number of benzene rings is 2. The normalized spacial score (nSPS) is 13.5. The number of nitrogens with zero attached hydrogens (tertiary/aromatic N) is 3. The molecule has 1 fully saturated rings. The zero-order chi connectivity index (χ0) is 22.5. The zero-order valence-corrected chi connectivity index (χ0v) is 18.9. The smallest absolute Gasteiger partial charge is 0.253 e. The first-order chi connectivity index (χ1) is 15.5. The molecule has 8 nitrogen and oxygen atoms in total. The number of rotatable bonds is 6. The number of halogens is 2. The van der Waals surface area contributed by atoms with Crippen LogP contribution in [-0.4, -0.2) is 49.2 Å². The molecule has 10 heteroatoms. The molecule has 3 aromatic rings. The van der Waals surface area contributed by atoms with Crippen LogP contribution < -0.4 is 20.9 Å². The molecule has 4 rings (SSSR count).